The molecule has 2 heterocycles. The Labute approximate surface area is 280 Å². The highest BCUT2D eigenvalue weighted by Gasteiger charge is 2.26. The van der Waals surface area contributed by atoms with E-state index in [9.17, 15) is 24.0 Å². The van der Waals surface area contributed by atoms with E-state index in [4.69, 9.17) is 0 Å². The van der Waals surface area contributed by atoms with Crippen LogP contribution in [0.4, 0.5) is 0 Å². The van der Waals surface area contributed by atoms with Gasteiger partial charge in [0.15, 0.2) is 0 Å². The zero-order chi connectivity index (χ0) is 34.3. The van der Waals surface area contributed by atoms with Gasteiger partial charge < -0.3 is 21.3 Å². The lowest BCUT2D eigenvalue weighted by molar-refractivity contribution is -0.138. The average Bonchev–Trinajstić information content (AvgIpc) is 3.11. The van der Waals surface area contributed by atoms with Gasteiger partial charge in [0.1, 0.15) is 12.1 Å². The monoisotopic (exact) mass is 647 g/mol. The number of rotatable bonds is 6. The van der Waals surface area contributed by atoms with Crippen LogP contribution in [0, 0.1) is 6.92 Å². The predicted molar refractivity (Wildman–Crippen MR) is 183 cm³/mol. The third-order valence-electron chi connectivity index (χ3n) is 7.73. The van der Waals surface area contributed by atoms with Gasteiger partial charge in [-0.3, -0.25) is 29.0 Å². The molecule has 0 saturated carbocycles. The number of amides is 4. The maximum atomic E-state index is 13.1. The van der Waals surface area contributed by atoms with E-state index in [2.05, 4.69) is 45.3 Å². The van der Waals surface area contributed by atoms with Crippen molar-refractivity contribution in [1.82, 2.24) is 26.3 Å². The number of aryl methyl sites for hydroxylation is 3. The minimum absolute atomic E-state index is 0.180. The summed E-state index contributed by atoms with van der Waals surface area (Å²) in [5.41, 5.74) is 5.72. The van der Waals surface area contributed by atoms with Gasteiger partial charge in [-0.05, 0) is 68.0 Å². The van der Waals surface area contributed by atoms with Crippen LogP contribution in [0.5, 0.6) is 0 Å². The molecule has 5 rings (SSSR count). The molecule has 4 aromatic rings. The second-order valence-electron chi connectivity index (χ2n) is 11.6. The maximum absolute atomic E-state index is 13.1. The van der Waals surface area contributed by atoms with Gasteiger partial charge in [0.05, 0.1) is 12.2 Å². The van der Waals surface area contributed by atoms with Gasteiger partial charge in [-0.15, -0.1) is 0 Å². The van der Waals surface area contributed by atoms with Crippen molar-refractivity contribution in [2.75, 3.05) is 6.54 Å². The van der Waals surface area contributed by atoms with E-state index < -0.39 is 42.1 Å². The van der Waals surface area contributed by atoms with Gasteiger partial charge >= 0.3 is 0 Å². The number of benzene rings is 3. The largest absolute Gasteiger partial charge is 0.347 e. The fourth-order valence-corrected chi connectivity index (χ4v) is 4.97. The Morgan fingerprint density at radius 2 is 1.50 bits per heavy atom. The van der Waals surface area contributed by atoms with Crippen molar-refractivity contribution in [3.63, 3.8) is 0 Å². The number of carbonyl (C=O) groups is 5. The highest BCUT2D eigenvalue weighted by molar-refractivity contribution is 6.37. The molecule has 1 aromatic heterocycles. The van der Waals surface area contributed by atoms with Crippen LogP contribution >= 0.6 is 0 Å². The lowest BCUT2D eigenvalue weighted by Crippen LogP contribution is -2.53. The molecule has 0 spiro atoms. The molecule has 0 saturated heterocycles. The maximum Gasteiger partial charge on any atom is 0.289 e. The fourth-order valence-electron chi connectivity index (χ4n) is 4.97. The van der Waals surface area contributed by atoms with Crippen molar-refractivity contribution in [3.8, 4) is 11.3 Å². The number of carbonyl (C=O) groups excluding carboxylic acids is 5. The minimum atomic E-state index is -1.000. The number of aromatic nitrogens is 1. The summed E-state index contributed by atoms with van der Waals surface area (Å²) in [5, 5.41) is 10.4. The van der Waals surface area contributed by atoms with Crippen LogP contribution in [0.15, 0.2) is 103 Å². The van der Waals surface area contributed by atoms with E-state index in [1.807, 2.05) is 84.9 Å². The molecule has 248 valence electrons. The van der Waals surface area contributed by atoms with Crippen LogP contribution < -0.4 is 21.3 Å². The van der Waals surface area contributed by atoms with Gasteiger partial charge in [-0.25, -0.2) is 0 Å². The van der Waals surface area contributed by atoms with Crippen LogP contribution in [-0.4, -0.2) is 53.0 Å². The molecular formula is C38H41N5O5. The molecule has 10 nitrogen and oxygen atoms in total. The normalized spacial score (nSPS) is 16.2. The summed E-state index contributed by atoms with van der Waals surface area (Å²) in [6, 6.07) is 29.1. The summed E-state index contributed by atoms with van der Waals surface area (Å²) in [5.74, 6) is -3.06. The van der Waals surface area contributed by atoms with Crippen molar-refractivity contribution < 1.29 is 24.0 Å². The van der Waals surface area contributed by atoms with Gasteiger partial charge in [0.2, 0.25) is 23.5 Å². The first kappa shape index (κ1) is 35.2. The standard InChI is InChI=1S/C31H33N5O5.C7H8/c1-20-29(39)36-25(30(40)34-19-27(37)31(41)33-18-23-6-3-2-4-7-23)12-10-21-8-5-9-24(16-21)26-17-22(14-15-32-26)11-13-28(38)35-20;1-7-5-3-2-4-6-7/h2-9,14-17,20,25H,10-13,18-19H2,1H3,(H,33,41)(H,34,40)(H,35,38)(H,36,39);2-6H,1H3/t20-,25?;/m0./s1. The Bertz CT molecular complexity index is 1710. The zero-order valence-corrected chi connectivity index (χ0v) is 27.2. The number of Topliss-reactive ketones (excluding diaryl/α,β-unsaturated/α-hetero) is 1. The number of hydrogen-bond acceptors (Lipinski definition) is 6. The van der Waals surface area contributed by atoms with Crippen LogP contribution in [-0.2, 0) is 43.4 Å². The quantitative estimate of drug-likeness (QED) is 0.235. The summed E-state index contributed by atoms with van der Waals surface area (Å²) in [4.78, 5) is 67.6. The molecule has 10 heteroatoms. The number of fused-ring (bicyclic) bond motifs is 5. The molecule has 1 aliphatic rings. The Balaban J connectivity index is 0.000000659. The van der Waals surface area contributed by atoms with E-state index in [0.29, 0.717) is 12.8 Å². The SMILES string of the molecule is C[C@@H]1NC(=O)CCc2ccnc(c2)-c2cccc(c2)CCC(C(=O)NCC(=O)C(=O)NCc2ccccc2)NC1=O.Cc1ccccc1. The molecule has 0 radical (unpaired) electrons. The van der Waals surface area contributed by atoms with Crippen molar-refractivity contribution in [1.29, 1.82) is 0 Å². The van der Waals surface area contributed by atoms with E-state index in [-0.39, 0.29) is 25.3 Å². The second-order valence-corrected chi connectivity index (χ2v) is 11.6. The first-order valence-corrected chi connectivity index (χ1v) is 16.0. The molecule has 48 heavy (non-hydrogen) atoms. The lowest BCUT2D eigenvalue weighted by atomic mass is 9.99. The molecule has 4 bridgehead atoms. The van der Waals surface area contributed by atoms with Gasteiger partial charge in [0, 0.05) is 24.7 Å². The Morgan fingerprint density at radius 1 is 0.792 bits per heavy atom. The van der Waals surface area contributed by atoms with Gasteiger partial charge in [-0.1, -0.05) is 84.4 Å². The molecule has 4 amide bonds. The van der Waals surface area contributed by atoms with Crippen LogP contribution in [0.2, 0.25) is 0 Å². The summed E-state index contributed by atoms with van der Waals surface area (Å²) in [6.45, 7) is 3.29. The van der Waals surface area contributed by atoms with Crippen LogP contribution in [0.1, 0.15) is 42.0 Å². The second kappa shape index (κ2) is 17.9. The lowest BCUT2D eigenvalue weighted by Gasteiger charge is -2.21. The summed E-state index contributed by atoms with van der Waals surface area (Å²) < 4.78 is 0. The first-order chi connectivity index (χ1) is 23.2. The van der Waals surface area contributed by atoms with Crippen molar-refractivity contribution >= 4 is 29.4 Å². The molecule has 4 N–H and O–H groups in total. The van der Waals surface area contributed by atoms with E-state index in [1.165, 1.54) is 5.56 Å². The van der Waals surface area contributed by atoms with E-state index >= 15 is 0 Å². The van der Waals surface area contributed by atoms with Crippen LogP contribution in [0.25, 0.3) is 11.3 Å². The summed E-state index contributed by atoms with van der Waals surface area (Å²) >= 11 is 0. The highest BCUT2D eigenvalue weighted by Crippen LogP contribution is 2.21. The Hall–Kier alpha value is -5.64. The minimum Gasteiger partial charge on any atom is -0.347 e. The first-order valence-electron chi connectivity index (χ1n) is 16.0. The molecule has 3 aromatic carbocycles. The fraction of sp³-hybridized carbons (Fsp3) is 0.263. The molecule has 0 aliphatic carbocycles. The van der Waals surface area contributed by atoms with E-state index in [0.717, 1.165) is 27.9 Å². The molecule has 2 atom stereocenters. The predicted octanol–water partition coefficient (Wildman–Crippen LogP) is 3.61. The topological polar surface area (TPSA) is 146 Å². The van der Waals surface area contributed by atoms with E-state index in [1.54, 1.807) is 13.1 Å². The third kappa shape index (κ3) is 11.3. The van der Waals surface area contributed by atoms with Crippen molar-refractivity contribution in [2.45, 2.75) is 58.2 Å². The highest BCUT2D eigenvalue weighted by atomic mass is 16.2. The van der Waals surface area contributed by atoms with Crippen LogP contribution in [0.3, 0.4) is 0 Å². The van der Waals surface area contributed by atoms with Crippen molar-refractivity contribution in [3.05, 3.63) is 126 Å². The third-order valence-corrected chi connectivity index (χ3v) is 7.73. The molecule has 1 aliphatic heterocycles. The summed E-state index contributed by atoms with van der Waals surface area (Å²) in [6.07, 6.45) is 3.03. The number of pyridine rings is 1. The molecule has 0 fully saturated rings. The smallest absolute Gasteiger partial charge is 0.289 e. The van der Waals surface area contributed by atoms with Crippen molar-refractivity contribution in [2.24, 2.45) is 0 Å². The van der Waals surface area contributed by atoms with Gasteiger partial charge in [-0.2, -0.15) is 0 Å². The van der Waals surface area contributed by atoms with Gasteiger partial charge in [0.25, 0.3) is 5.91 Å². The number of nitrogens with one attached hydrogen (secondary N) is 4. The number of nitrogens with zero attached hydrogens (tertiary/aromatic N) is 1. The average molecular weight is 648 g/mol. The molecule has 1 unspecified atom stereocenters. The number of ketones is 1. The molecular weight excluding hydrogens is 606 g/mol. The Kier molecular flexibility index (Phi) is 13.1. The summed E-state index contributed by atoms with van der Waals surface area (Å²) in [7, 11) is 0. The Morgan fingerprint density at radius 3 is 2.21 bits per heavy atom. The zero-order valence-electron chi connectivity index (χ0n) is 27.2. The number of hydrogen-bond donors (Lipinski definition) is 4.